The fourth-order valence-corrected chi connectivity index (χ4v) is 2.66. The van der Waals surface area contributed by atoms with Gasteiger partial charge in [0, 0.05) is 6.04 Å². The van der Waals surface area contributed by atoms with E-state index in [1.54, 1.807) is 0 Å². The third-order valence-electron chi connectivity index (χ3n) is 4.04. The summed E-state index contributed by atoms with van der Waals surface area (Å²) < 4.78 is 5.33. The maximum Gasteiger partial charge on any atom is 0.262 e. The number of carbonyl (C=O) groups excluding carboxylic acids is 1. The fourth-order valence-electron chi connectivity index (χ4n) is 2.66. The monoisotopic (exact) mass is 246 g/mol. The van der Waals surface area contributed by atoms with E-state index in [0.29, 0.717) is 11.3 Å². The van der Waals surface area contributed by atoms with Crippen molar-refractivity contribution in [3.05, 3.63) is 23.8 Å². The van der Waals surface area contributed by atoms with Gasteiger partial charge in [-0.1, -0.05) is 19.9 Å². The van der Waals surface area contributed by atoms with E-state index in [1.807, 2.05) is 18.2 Å². The Morgan fingerprint density at radius 1 is 1.50 bits per heavy atom. The minimum atomic E-state index is -0.111. The van der Waals surface area contributed by atoms with Crippen LogP contribution in [0.25, 0.3) is 0 Å². The Kier molecular flexibility index (Phi) is 2.38. The van der Waals surface area contributed by atoms with Crippen LogP contribution in [-0.2, 0) is 4.79 Å². The predicted octanol–water partition coefficient (Wildman–Crippen LogP) is 2.06. The molecule has 2 atom stereocenters. The largest absolute Gasteiger partial charge is 0.482 e. The molecule has 1 aliphatic carbocycles. The molecule has 1 saturated carbocycles. The Labute approximate surface area is 107 Å². The normalized spacial score (nSPS) is 25.7. The number of nitrogens with one attached hydrogen (secondary N) is 1. The van der Waals surface area contributed by atoms with Crippen LogP contribution in [0.3, 0.4) is 0 Å². The first-order valence-corrected chi connectivity index (χ1v) is 6.29. The molecule has 3 rings (SSSR count). The molecule has 1 amide bonds. The van der Waals surface area contributed by atoms with Crippen molar-refractivity contribution in [2.45, 2.75) is 26.3 Å². The topological polar surface area (TPSA) is 64.3 Å². The van der Waals surface area contributed by atoms with Crippen LogP contribution in [-0.4, -0.2) is 12.5 Å². The van der Waals surface area contributed by atoms with Crippen molar-refractivity contribution in [3.8, 4) is 5.75 Å². The second-order valence-corrected chi connectivity index (χ2v) is 5.92. The molecule has 1 aliphatic heterocycles. The lowest BCUT2D eigenvalue weighted by Crippen LogP contribution is -2.26. The number of rotatable bonds is 2. The molecule has 4 nitrogen and oxygen atoms in total. The van der Waals surface area contributed by atoms with Gasteiger partial charge in [-0.2, -0.15) is 0 Å². The first-order chi connectivity index (χ1) is 8.47. The summed E-state index contributed by atoms with van der Waals surface area (Å²) in [4.78, 5) is 11.3. The maximum absolute atomic E-state index is 11.3. The molecule has 3 N–H and O–H groups in total. The van der Waals surface area contributed by atoms with Crippen LogP contribution in [0.15, 0.2) is 18.2 Å². The number of hydrogen-bond acceptors (Lipinski definition) is 3. The third-order valence-corrected chi connectivity index (χ3v) is 4.04. The van der Waals surface area contributed by atoms with Gasteiger partial charge in [-0.05, 0) is 35.4 Å². The Morgan fingerprint density at radius 2 is 2.22 bits per heavy atom. The van der Waals surface area contributed by atoms with Crippen LogP contribution < -0.4 is 15.8 Å². The summed E-state index contributed by atoms with van der Waals surface area (Å²) in [7, 11) is 0. The van der Waals surface area contributed by atoms with Crippen LogP contribution in [0.1, 0.15) is 31.9 Å². The zero-order valence-corrected chi connectivity index (χ0v) is 10.7. The van der Waals surface area contributed by atoms with E-state index in [9.17, 15) is 4.79 Å². The van der Waals surface area contributed by atoms with Crippen LogP contribution in [0.4, 0.5) is 5.69 Å². The zero-order valence-electron chi connectivity index (χ0n) is 10.7. The average molecular weight is 246 g/mol. The number of nitrogens with two attached hydrogens (primary N) is 1. The van der Waals surface area contributed by atoms with E-state index in [-0.39, 0.29) is 18.6 Å². The molecule has 4 heteroatoms. The molecule has 0 radical (unpaired) electrons. The summed E-state index contributed by atoms with van der Waals surface area (Å²) in [5.74, 6) is 1.14. The molecule has 0 saturated heterocycles. The number of hydrogen-bond donors (Lipinski definition) is 2. The Balaban J connectivity index is 1.86. The smallest absolute Gasteiger partial charge is 0.262 e. The van der Waals surface area contributed by atoms with Crippen LogP contribution in [0.5, 0.6) is 5.75 Å². The molecule has 18 heavy (non-hydrogen) atoms. The molecular weight excluding hydrogens is 228 g/mol. The van der Waals surface area contributed by atoms with Crippen LogP contribution >= 0.6 is 0 Å². The Bertz CT molecular complexity index is 511. The van der Waals surface area contributed by atoms with Crippen molar-refractivity contribution in [1.29, 1.82) is 0 Å². The predicted molar refractivity (Wildman–Crippen MR) is 69.4 cm³/mol. The van der Waals surface area contributed by atoms with Crippen molar-refractivity contribution in [2.75, 3.05) is 11.9 Å². The maximum atomic E-state index is 11.3. The van der Waals surface area contributed by atoms with Gasteiger partial charge in [-0.3, -0.25) is 4.79 Å². The van der Waals surface area contributed by atoms with Crippen molar-refractivity contribution in [2.24, 2.45) is 17.1 Å². The summed E-state index contributed by atoms with van der Waals surface area (Å²) >= 11 is 0. The minimum Gasteiger partial charge on any atom is -0.482 e. The van der Waals surface area contributed by atoms with Gasteiger partial charge in [0.25, 0.3) is 5.91 Å². The van der Waals surface area contributed by atoms with E-state index in [1.165, 1.54) is 0 Å². The molecule has 0 spiro atoms. The standard InChI is InChI=1S/C14H18N2O2/c1-14(2)6-9(14)13(15)8-3-4-11-10(5-8)16-12(17)7-18-11/h3-5,9,13H,6-7,15H2,1-2H3,(H,16,17). The quantitative estimate of drug-likeness (QED) is 0.839. The molecule has 2 aliphatic rings. The number of carbonyl (C=O) groups is 1. The molecule has 0 aromatic heterocycles. The van der Waals surface area contributed by atoms with Gasteiger partial charge in [-0.15, -0.1) is 0 Å². The highest BCUT2D eigenvalue weighted by molar-refractivity contribution is 5.95. The van der Waals surface area contributed by atoms with Crippen LogP contribution in [0, 0.1) is 11.3 Å². The minimum absolute atomic E-state index is 0.0316. The molecule has 1 aromatic carbocycles. The van der Waals surface area contributed by atoms with Crippen molar-refractivity contribution in [1.82, 2.24) is 0 Å². The highest BCUT2D eigenvalue weighted by atomic mass is 16.5. The summed E-state index contributed by atoms with van der Waals surface area (Å²) in [5, 5.41) is 2.82. The van der Waals surface area contributed by atoms with E-state index in [4.69, 9.17) is 10.5 Å². The molecule has 0 bridgehead atoms. The van der Waals surface area contributed by atoms with E-state index >= 15 is 0 Å². The summed E-state index contributed by atoms with van der Waals surface area (Å²) in [6, 6.07) is 5.85. The van der Waals surface area contributed by atoms with Crippen molar-refractivity contribution in [3.63, 3.8) is 0 Å². The summed E-state index contributed by atoms with van der Waals surface area (Å²) in [6.07, 6.45) is 1.16. The summed E-state index contributed by atoms with van der Waals surface area (Å²) in [5.41, 5.74) is 8.43. The molecule has 1 fully saturated rings. The lowest BCUT2D eigenvalue weighted by atomic mass is 9.97. The number of amides is 1. The summed E-state index contributed by atoms with van der Waals surface area (Å²) in [6.45, 7) is 4.57. The van der Waals surface area contributed by atoms with Gasteiger partial charge in [-0.25, -0.2) is 0 Å². The highest BCUT2D eigenvalue weighted by Crippen LogP contribution is 2.57. The van der Waals surface area contributed by atoms with E-state index in [0.717, 1.165) is 23.4 Å². The third kappa shape index (κ3) is 1.86. The van der Waals surface area contributed by atoms with Gasteiger partial charge in [0.05, 0.1) is 5.69 Å². The first-order valence-electron chi connectivity index (χ1n) is 6.29. The lowest BCUT2D eigenvalue weighted by molar-refractivity contribution is -0.118. The van der Waals surface area contributed by atoms with E-state index < -0.39 is 0 Å². The van der Waals surface area contributed by atoms with Gasteiger partial charge in [0.1, 0.15) is 5.75 Å². The molecular formula is C14H18N2O2. The fraction of sp³-hybridized carbons (Fsp3) is 0.500. The Morgan fingerprint density at radius 3 is 2.89 bits per heavy atom. The number of benzene rings is 1. The number of fused-ring (bicyclic) bond motifs is 1. The number of anilines is 1. The van der Waals surface area contributed by atoms with E-state index in [2.05, 4.69) is 19.2 Å². The van der Waals surface area contributed by atoms with Crippen molar-refractivity contribution >= 4 is 11.6 Å². The Hall–Kier alpha value is -1.55. The second-order valence-electron chi connectivity index (χ2n) is 5.92. The zero-order chi connectivity index (χ0) is 12.9. The SMILES string of the molecule is CC1(C)CC1C(N)c1ccc2c(c1)NC(=O)CO2. The van der Waals surface area contributed by atoms with Gasteiger partial charge >= 0.3 is 0 Å². The number of ether oxygens (including phenoxy) is 1. The highest BCUT2D eigenvalue weighted by Gasteiger charge is 2.49. The van der Waals surface area contributed by atoms with Crippen LogP contribution in [0.2, 0.25) is 0 Å². The molecule has 1 aromatic rings. The van der Waals surface area contributed by atoms with Crippen molar-refractivity contribution < 1.29 is 9.53 Å². The average Bonchev–Trinajstić information content (AvgIpc) is 2.96. The van der Waals surface area contributed by atoms with Gasteiger partial charge < -0.3 is 15.8 Å². The molecule has 2 unspecified atom stereocenters. The lowest BCUT2D eigenvalue weighted by Gasteiger charge is -2.21. The first kappa shape index (κ1) is 11.5. The van der Waals surface area contributed by atoms with Gasteiger partial charge in [0.2, 0.25) is 0 Å². The van der Waals surface area contributed by atoms with Gasteiger partial charge in [0.15, 0.2) is 6.61 Å². The second kappa shape index (κ2) is 3.72. The molecule has 1 heterocycles. The molecule has 96 valence electrons.